The molecule has 0 bridgehead atoms. The van der Waals surface area contributed by atoms with Crippen molar-refractivity contribution in [3.8, 4) is 0 Å². The molecule has 9 nitrogen and oxygen atoms in total. The molecule has 0 saturated carbocycles. The number of carbonyl (C=O) groups is 1. The standard InChI is InChI=1S/C53H98O9/c1-3-5-7-9-11-13-15-17-19-21-22-23-24-25-26-27-28-30-32-34-36-38-40-42-49(55)61-47(46-60-53-52(58)51(57)50(56)48(44-54)62-53)45-59-43-41-39-37-35-33-31-29-20-18-16-14-12-10-8-6-4-2/h6,8,12,14,18,20,47-48,50-54,56-58H,3-5,7,9-11,13,15-17,19,21-46H2,1-2H3/b8-6-,14-12-,20-18-. The van der Waals surface area contributed by atoms with Gasteiger partial charge in [-0.15, -0.1) is 0 Å². The summed E-state index contributed by atoms with van der Waals surface area (Å²) in [5.41, 5.74) is 0. The topological polar surface area (TPSA) is 135 Å². The van der Waals surface area contributed by atoms with Crippen LogP contribution in [-0.2, 0) is 23.7 Å². The van der Waals surface area contributed by atoms with Gasteiger partial charge < -0.3 is 39.4 Å². The molecule has 1 fully saturated rings. The molecule has 0 aromatic heterocycles. The molecular weight excluding hydrogens is 781 g/mol. The molecule has 1 saturated heterocycles. The van der Waals surface area contributed by atoms with Crippen molar-refractivity contribution in [2.45, 2.75) is 269 Å². The van der Waals surface area contributed by atoms with E-state index >= 15 is 0 Å². The number of unbranched alkanes of at least 4 members (excludes halogenated alkanes) is 28. The zero-order chi connectivity index (χ0) is 45.0. The Bertz CT molecular complexity index is 1050. The highest BCUT2D eigenvalue weighted by atomic mass is 16.7. The van der Waals surface area contributed by atoms with Gasteiger partial charge in [0.1, 0.15) is 30.5 Å². The minimum absolute atomic E-state index is 0.116. The Labute approximate surface area is 380 Å². The Kier molecular flexibility index (Phi) is 42.0. The summed E-state index contributed by atoms with van der Waals surface area (Å²) in [7, 11) is 0. The van der Waals surface area contributed by atoms with E-state index in [-0.39, 0.29) is 19.2 Å². The van der Waals surface area contributed by atoms with E-state index in [2.05, 4.69) is 50.3 Å². The Morgan fingerprint density at radius 3 is 1.48 bits per heavy atom. The van der Waals surface area contributed by atoms with Crippen molar-refractivity contribution >= 4 is 5.97 Å². The van der Waals surface area contributed by atoms with E-state index in [1.807, 2.05) is 0 Å². The van der Waals surface area contributed by atoms with Crippen LogP contribution in [0.5, 0.6) is 0 Å². The summed E-state index contributed by atoms with van der Waals surface area (Å²) in [4.78, 5) is 12.8. The highest BCUT2D eigenvalue weighted by Gasteiger charge is 2.44. The van der Waals surface area contributed by atoms with Crippen LogP contribution in [0, 0.1) is 0 Å². The number of hydrogen-bond donors (Lipinski definition) is 4. The first-order chi connectivity index (χ1) is 30.4. The molecule has 4 N–H and O–H groups in total. The van der Waals surface area contributed by atoms with Crippen LogP contribution in [0.4, 0.5) is 0 Å². The zero-order valence-corrected chi connectivity index (χ0v) is 40.1. The average Bonchev–Trinajstić information content (AvgIpc) is 3.27. The van der Waals surface area contributed by atoms with Crippen LogP contribution in [0.25, 0.3) is 0 Å². The second kappa shape index (κ2) is 44.6. The molecule has 9 heteroatoms. The largest absolute Gasteiger partial charge is 0.457 e. The molecule has 62 heavy (non-hydrogen) atoms. The van der Waals surface area contributed by atoms with Crippen LogP contribution < -0.4 is 0 Å². The lowest BCUT2D eigenvalue weighted by molar-refractivity contribution is -0.305. The molecule has 6 atom stereocenters. The van der Waals surface area contributed by atoms with Gasteiger partial charge in [0.25, 0.3) is 0 Å². The summed E-state index contributed by atoms with van der Waals surface area (Å²) < 4.78 is 22.9. The van der Waals surface area contributed by atoms with Gasteiger partial charge in [-0.05, 0) is 44.9 Å². The van der Waals surface area contributed by atoms with Crippen LogP contribution in [0.1, 0.15) is 232 Å². The molecule has 1 heterocycles. The monoisotopic (exact) mass is 879 g/mol. The summed E-state index contributed by atoms with van der Waals surface area (Å²) in [5.74, 6) is -0.314. The van der Waals surface area contributed by atoms with Gasteiger partial charge in [0.15, 0.2) is 6.29 Å². The van der Waals surface area contributed by atoms with E-state index in [0.29, 0.717) is 13.0 Å². The molecule has 1 rings (SSSR count). The molecule has 0 amide bonds. The molecule has 6 unspecified atom stereocenters. The van der Waals surface area contributed by atoms with Gasteiger partial charge in [0.2, 0.25) is 0 Å². The van der Waals surface area contributed by atoms with Gasteiger partial charge >= 0.3 is 5.97 Å². The number of rotatable bonds is 45. The first-order valence-electron chi connectivity index (χ1n) is 26.1. The maximum atomic E-state index is 12.8. The minimum Gasteiger partial charge on any atom is -0.457 e. The molecule has 1 aliphatic heterocycles. The van der Waals surface area contributed by atoms with E-state index in [9.17, 15) is 25.2 Å². The lowest BCUT2D eigenvalue weighted by atomic mass is 9.99. The first-order valence-corrected chi connectivity index (χ1v) is 26.1. The summed E-state index contributed by atoms with van der Waals surface area (Å²) in [6.07, 6.45) is 47.6. The lowest BCUT2D eigenvalue weighted by Crippen LogP contribution is -2.59. The van der Waals surface area contributed by atoms with Crippen molar-refractivity contribution in [3.63, 3.8) is 0 Å². The Morgan fingerprint density at radius 2 is 0.984 bits per heavy atom. The van der Waals surface area contributed by atoms with Gasteiger partial charge in [-0.3, -0.25) is 4.79 Å². The maximum Gasteiger partial charge on any atom is 0.306 e. The molecule has 364 valence electrons. The van der Waals surface area contributed by atoms with Gasteiger partial charge in [-0.1, -0.05) is 217 Å². The predicted octanol–water partition coefficient (Wildman–Crippen LogP) is 12.7. The van der Waals surface area contributed by atoms with Crippen LogP contribution in [0.3, 0.4) is 0 Å². The summed E-state index contributed by atoms with van der Waals surface area (Å²) >= 11 is 0. The fraction of sp³-hybridized carbons (Fsp3) is 0.868. The van der Waals surface area contributed by atoms with Crippen molar-refractivity contribution in [1.82, 2.24) is 0 Å². The highest BCUT2D eigenvalue weighted by Crippen LogP contribution is 2.23. The quantitative estimate of drug-likeness (QED) is 0.0268. The van der Waals surface area contributed by atoms with Crippen LogP contribution >= 0.6 is 0 Å². The van der Waals surface area contributed by atoms with Crippen molar-refractivity contribution in [3.05, 3.63) is 36.5 Å². The second-order valence-electron chi connectivity index (χ2n) is 17.9. The average molecular weight is 879 g/mol. The minimum atomic E-state index is -1.54. The number of aliphatic hydroxyl groups excluding tert-OH is 4. The molecule has 0 spiro atoms. The lowest BCUT2D eigenvalue weighted by Gasteiger charge is -2.39. The van der Waals surface area contributed by atoms with Crippen LogP contribution in [0.2, 0.25) is 0 Å². The van der Waals surface area contributed by atoms with E-state index < -0.39 is 43.4 Å². The number of ether oxygens (including phenoxy) is 4. The van der Waals surface area contributed by atoms with Crippen molar-refractivity contribution in [2.75, 3.05) is 26.4 Å². The van der Waals surface area contributed by atoms with Crippen molar-refractivity contribution < 1.29 is 44.2 Å². The molecule has 0 aromatic rings. The van der Waals surface area contributed by atoms with Gasteiger partial charge in [0.05, 0.1) is 19.8 Å². The first kappa shape index (κ1) is 58.4. The summed E-state index contributed by atoms with van der Waals surface area (Å²) in [6, 6.07) is 0. The maximum absolute atomic E-state index is 12.8. The predicted molar refractivity (Wildman–Crippen MR) is 256 cm³/mol. The van der Waals surface area contributed by atoms with E-state index in [1.165, 1.54) is 148 Å². The molecular formula is C53H98O9. The summed E-state index contributed by atoms with van der Waals surface area (Å²) in [5, 5.41) is 40.2. The third-order valence-corrected chi connectivity index (χ3v) is 12.1. The van der Waals surface area contributed by atoms with Crippen molar-refractivity contribution in [2.24, 2.45) is 0 Å². The second-order valence-corrected chi connectivity index (χ2v) is 17.9. The van der Waals surface area contributed by atoms with Gasteiger partial charge in [-0.25, -0.2) is 0 Å². The number of hydrogen-bond acceptors (Lipinski definition) is 9. The molecule has 0 aromatic carbocycles. The van der Waals surface area contributed by atoms with E-state index in [1.54, 1.807) is 0 Å². The Morgan fingerprint density at radius 1 is 0.532 bits per heavy atom. The number of aliphatic hydroxyl groups is 4. The number of esters is 1. The fourth-order valence-electron chi connectivity index (χ4n) is 8.04. The molecule has 0 aliphatic carbocycles. The van der Waals surface area contributed by atoms with Crippen LogP contribution in [0.15, 0.2) is 36.5 Å². The van der Waals surface area contributed by atoms with E-state index in [0.717, 1.165) is 64.2 Å². The number of allylic oxidation sites excluding steroid dienone is 6. The number of carbonyl (C=O) groups excluding carboxylic acids is 1. The molecule has 0 radical (unpaired) electrons. The fourth-order valence-corrected chi connectivity index (χ4v) is 8.04. The summed E-state index contributed by atoms with van der Waals surface area (Å²) in [6.45, 7) is 4.46. The van der Waals surface area contributed by atoms with E-state index in [4.69, 9.17) is 18.9 Å². The normalized spacial score (nSPS) is 20.0. The van der Waals surface area contributed by atoms with Gasteiger partial charge in [-0.2, -0.15) is 0 Å². The third-order valence-electron chi connectivity index (χ3n) is 12.1. The third kappa shape index (κ3) is 34.8. The smallest absolute Gasteiger partial charge is 0.306 e. The van der Waals surface area contributed by atoms with Crippen LogP contribution in [-0.4, -0.2) is 89.6 Å². The Balaban J connectivity index is 2.17. The van der Waals surface area contributed by atoms with Gasteiger partial charge in [0, 0.05) is 13.0 Å². The zero-order valence-electron chi connectivity index (χ0n) is 40.1. The Hall–Kier alpha value is -1.59. The van der Waals surface area contributed by atoms with Crippen molar-refractivity contribution in [1.29, 1.82) is 0 Å². The molecule has 1 aliphatic rings. The SMILES string of the molecule is CC/C=C\C/C=C\C/C=C\CCCCCCCCOCC(COC1OC(CO)C(O)C(O)C1O)OC(=O)CCCCCCCCCCCCCCCCCCCCCCCCC. The highest BCUT2D eigenvalue weighted by molar-refractivity contribution is 5.69.